The van der Waals surface area contributed by atoms with Crippen molar-refractivity contribution in [3.8, 4) is 0 Å². The smallest absolute Gasteiger partial charge is 0.290 e. The lowest BCUT2D eigenvalue weighted by Gasteiger charge is -2.11. The van der Waals surface area contributed by atoms with Crippen molar-refractivity contribution in [2.24, 2.45) is 0 Å². The fourth-order valence-electron chi connectivity index (χ4n) is 1.78. The summed E-state index contributed by atoms with van der Waals surface area (Å²) in [7, 11) is 0. The maximum atomic E-state index is 11.9. The summed E-state index contributed by atoms with van der Waals surface area (Å²) in [5, 5.41) is 9.47. The molecule has 2 aromatic rings. The van der Waals surface area contributed by atoms with Gasteiger partial charge in [-0.05, 0) is 11.5 Å². The molecule has 1 aromatic carbocycles. The Morgan fingerprint density at radius 3 is 2.74 bits per heavy atom. The Morgan fingerprint density at radius 2 is 2.11 bits per heavy atom. The van der Waals surface area contributed by atoms with Gasteiger partial charge >= 0.3 is 0 Å². The van der Waals surface area contributed by atoms with Gasteiger partial charge in [0, 0.05) is 13.0 Å². The van der Waals surface area contributed by atoms with Crippen molar-refractivity contribution >= 4 is 5.91 Å². The SMILES string of the molecule is CCc1nc(C(=O)NCC(C)c2ccccc2)n[nH]1. The highest BCUT2D eigenvalue weighted by atomic mass is 16.2. The number of hydrogen-bond acceptors (Lipinski definition) is 3. The van der Waals surface area contributed by atoms with Crippen molar-refractivity contribution < 1.29 is 4.79 Å². The minimum absolute atomic E-state index is 0.206. The summed E-state index contributed by atoms with van der Waals surface area (Å²) < 4.78 is 0. The Morgan fingerprint density at radius 1 is 1.37 bits per heavy atom. The second-order valence-corrected chi connectivity index (χ2v) is 4.48. The first-order valence-electron chi connectivity index (χ1n) is 6.45. The first-order valence-corrected chi connectivity index (χ1v) is 6.45. The number of H-pyrrole nitrogens is 1. The number of carbonyl (C=O) groups is 1. The lowest BCUT2D eigenvalue weighted by molar-refractivity contribution is 0.0941. The van der Waals surface area contributed by atoms with Crippen molar-refractivity contribution in [1.29, 1.82) is 0 Å². The van der Waals surface area contributed by atoms with Crippen LogP contribution in [0.2, 0.25) is 0 Å². The molecule has 2 N–H and O–H groups in total. The van der Waals surface area contributed by atoms with E-state index in [1.807, 2.05) is 25.1 Å². The molecule has 0 aliphatic carbocycles. The van der Waals surface area contributed by atoms with E-state index in [2.05, 4.69) is 39.6 Å². The molecule has 0 spiro atoms. The first kappa shape index (κ1) is 13.3. The molecule has 0 fully saturated rings. The zero-order valence-corrected chi connectivity index (χ0v) is 11.2. The average Bonchev–Trinajstić information content (AvgIpc) is 2.94. The first-order chi connectivity index (χ1) is 9.20. The van der Waals surface area contributed by atoms with E-state index in [4.69, 9.17) is 0 Å². The van der Waals surface area contributed by atoms with E-state index < -0.39 is 0 Å². The van der Waals surface area contributed by atoms with Gasteiger partial charge in [0.15, 0.2) is 0 Å². The Balaban J connectivity index is 1.90. The zero-order chi connectivity index (χ0) is 13.7. The van der Waals surface area contributed by atoms with Crippen LogP contribution in [0.4, 0.5) is 0 Å². The number of rotatable bonds is 5. The number of aromatic amines is 1. The Bertz CT molecular complexity index is 535. The Kier molecular flexibility index (Phi) is 4.28. The number of benzene rings is 1. The van der Waals surface area contributed by atoms with Crippen LogP contribution in [-0.4, -0.2) is 27.6 Å². The number of carbonyl (C=O) groups excluding carboxylic acids is 1. The topological polar surface area (TPSA) is 70.7 Å². The third-order valence-corrected chi connectivity index (χ3v) is 3.01. The summed E-state index contributed by atoms with van der Waals surface area (Å²) in [5.74, 6) is 0.951. The third-order valence-electron chi connectivity index (χ3n) is 3.01. The van der Waals surface area contributed by atoms with Crippen LogP contribution in [0.1, 0.15) is 41.8 Å². The van der Waals surface area contributed by atoms with Crippen LogP contribution in [0.25, 0.3) is 0 Å². The van der Waals surface area contributed by atoms with Crippen LogP contribution >= 0.6 is 0 Å². The van der Waals surface area contributed by atoms with E-state index >= 15 is 0 Å². The van der Waals surface area contributed by atoms with Crippen LogP contribution in [0.15, 0.2) is 30.3 Å². The minimum Gasteiger partial charge on any atom is -0.349 e. The maximum absolute atomic E-state index is 11.9. The molecule has 1 amide bonds. The molecular weight excluding hydrogens is 240 g/mol. The van der Waals surface area contributed by atoms with Gasteiger partial charge in [-0.1, -0.05) is 44.2 Å². The predicted molar refractivity (Wildman–Crippen MR) is 73.0 cm³/mol. The number of amides is 1. The summed E-state index contributed by atoms with van der Waals surface area (Å²) in [6.07, 6.45) is 0.737. The molecule has 5 heteroatoms. The van der Waals surface area contributed by atoms with Crippen LogP contribution in [0, 0.1) is 0 Å². The van der Waals surface area contributed by atoms with Gasteiger partial charge in [-0.3, -0.25) is 9.89 Å². The average molecular weight is 258 g/mol. The van der Waals surface area contributed by atoms with Crippen LogP contribution in [0.3, 0.4) is 0 Å². The monoisotopic (exact) mass is 258 g/mol. The molecule has 1 heterocycles. The standard InChI is InChI=1S/C14H18N4O/c1-3-12-16-13(18-17-12)14(19)15-9-10(2)11-7-5-4-6-8-11/h4-8,10H,3,9H2,1-2H3,(H,15,19)(H,16,17,18). The van der Waals surface area contributed by atoms with E-state index in [-0.39, 0.29) is 17.6 Å². The van der Waals surface area contributed by atoms with E-state index in [0.717, 1.165) is 12.2 Å². The summed E-state index contributed by atoms with van der Waals surface area (Å²) >= 11 is 0. The molecule has 1 aromatic heterocycles. The maximum Gasteiger partial charge on any atom is 0.290 e. The molecule has 1 atom stereocenters. The lowest BCUT2D eigenvalue weighted by atomic mass is 10.0. The second-order valence-electron chi connectivity index (χ2n) is 4.48. The van der Waals surface area contributed by atoms with Gasteiger partial charge in [-0.25, -0.2) is 4.98 Å². The summed E-state index contributed by atoms with van der Waals surface area (Å²) in [5.41, 5.74) is 1.20. The van der Waals surface area contributed by atoms with Gasteiger partial charge in [0.1, 0.15) is 5.82 Å². The van der Waals surface area contributed by atoms with Gasteiger partial charge in [0.2, 0.25) is 5.82 Å². The zero-order valence-electron chi connectivity index (χ0n) is 11.2. The van der Waals surface area contributed by atoms with Crippen molar-refractivity contribution in [1.82, 2.24) is 20.5 Å². The summed E-state index contributed by atoms with van der Waals surface area (Å²) in [4.78, 5) is 16.0. The highest BCUT2D eigenvalue weighted by Gasteiger charge is 2.13. The molecule has 100 valence electrons. The summed E-state index contributed by atoms with van der Waals surface area (Å²) in [6.45, 7) is 4.60. The molecule has 0 bridgehead atoms. The molecule has 19 heavy (non-hydrogen) atoms. The van der Waals surface area contributed by atoms with Crippen molar-refractivity contribution in [2.75, 3.05) is 6.54 Å². The van der Waals surface area contributed by atoms with E-state index in [1.165, 1.54) is 5.56 Å². The van der Waals surface area contributed by atoms with E-state index in [0.29, 0.717) is 6.54 Å². The number of aryl methyl sites for hydroxylation is 1. The highest BCUT2D eigenvalue weighted by molar-refractivity contribution is 5.90. The molecule has 5 nitrogen and oxygen atoms in total. The molecule has 0 aliphatic rings. The molecule has 0 saturated carbocycles. The van der Waals surface area contributed by atoms with Crippen molar-refractivity contribution in [2.45, 2.75) is 26.2 Å². The number of nitrogens with zero attached hydrogens (tertiary/aromatic N) is 2. The second kappa shape index (κ2) is 6.13. The van der Waals surface area contributed by atoms with Crippen molar-refractivity contribution in [3.63, 3.8) is 0 Å². The largest absolute Gasteiger partial charge is 0.349 e. The fourth-order valence-corrected chi connectivity index (χ4v) is 1.78. The van der Waals surface area contributed by atoms with Crippen molar-refractivity contribution in [3.05, 3.63) is 47.5 Å². The van der Waals surface area contributed by atoms with E-state index in [9.17, 15) is 4.79 Å². The highest BCUT2D eigenvalue weighted by Crippen LogP contribution is 2.13. The quantitative estimate of drug-likeness (QED) is 0.860. The van der Waals surface area contributed by atoms with Crippen LogP contribution < -0.4 is 5.32 Å². The minimum atomic E-state index is -0.237. The van der Waals surface area contributed by atoms with Crippen LogP contribution in [-0.2, 0) is 6.42 Å². The van der Waals surface area contributed by atoms with Crippen LogP contribution in [0.5, 0.6) is 0 Å². The Hall–Kier alpha value is -2.17. The number of nitrogens with one attached hydrogen (secondary N) is 2. The lowest BCUT2D eigenvalue weighted by Crippen LogP contribution is -2.28. The molecule has 1 unspecified atom stereocenters. The normalized spacial score (nSPS) is 12.1. The molecule has 0 radical (unpaired) electrons. The van der Waals surface area contributed by atoms with Gasteiger partial charge in [0.25, 0.3) is 5.91 Å². The van der Waals surface area contributed by atoms with Gasteiger partial charge in [0.05, 0.1) is 0 Å². The Labute approximate surface area is 112 Å². The number of hydrogen-bond donors (Lipinski definition) is 2. The molecule has 2 rings (SSSR count). The fraction of sp³-hybridized carbons (Fsp3) is 0.357. The van der Waals surface area contributed by atoms with Gasteiger partial charge in [-0.2, -0.15) is 0 Å². The molecule has 0 saturated heterocycles. The van der Waals surface area contributed by atoms with E-state index in [1.54, 1.807) is 0 Å². The predicted octanol–water partition coefficient (Wildman–Crippen LogP) is 1.90. The van der Waals surface area contributed by atoms with Gasteiger partial charge < -0.3 is 5.32 Å². The van der Waals surface area contributed by atoms with Gasteiger partial charge in [-0.15, -0.1) is 5.10 Å². The molecule has 0 aliphatic heterocycles. The number of aromatic nitrogens is 3. The molecular formula is C14H18N4O. The third kappa shape index (κ3) is 3.40. The summed E-state index contributed by atoms with van der Waals surface area (Å²) in [6, 6.07) is 10.1.